The zero-order valence-electron chi connectivity index (χ0n) is 18.2. The summed E-state index contributed by atoms with van der Waals surface area (Å²) in [5.74, 6) is 1.43. The van der Waals surface area contributed by atoms with Crippen LogP contribution >= 0.6 is 11.6 Å². The van der Waals surface area contributed by atoms with Crippen LogP contribution in [0.4, 0.5) is 0 Å². The standard InChI is InChI=1S/C27H25ClO3/c1-17-23(30-16-19-7-5-6-8-22(19)28)14-13-21-25(29)24(31-26(17)21)15-18-9-11-20(12-10-18)27(2,3)4/h5-15H,16H2,1-4H3/b24-15-. The van der Waals surface area contributed by atoms with E-state index in [1.807, 2.05) is 49.4 Å². The SMILES string of the molecule is Cc1c(OCc2ccccc2Cl)ccc2c1O/C(=C\c1ccc(C(C)(C)C)cc1)C2=O. The first-order valence-electron chi connectivity index (χ1n) is 10.3. The highest BCUT2D eigenvalue weighted by Gasteiger charge is 2.30. The van der Waals surface area contributed by atoms with Crippen LogP contribution in [-0.4, -0.2) is 5.78 Å². The summed E-state index contributed by atoms with van der Waals surface area (Å²) in [6, 6.07) is 19.3. The lowest BCUT2D eigenvalue weighted by Gasteiger charge is -2.18. The highest BCUT2D eigenvalue weighted by molar-refractivity contribution is 6.31. The van der Waals surface area contributed by atoms with Crippen molar-refractivity contribution in [3.63, 3.8) is 0 Å². The molecule has 0 amide bonds. The van der Waals surface area contributed by atoms with Gasteiger partial charge in [-0.2, -0.15) is 0 Å². The molecule has 1 aliphatic heterocycles. The summed E-state index contributed by atoms with van der Waals surface area (Å²) >= 11 is 6.22. The Hall–Kier alpha value is -3.04. The molecular formula is C27H25ClO3. The number of fused-ring (bicyclic) bond motifs is 1. The molecule has 0 aromatic heterocycles. The summed E-state index contributed by atoms with van der Waals surface area (Å²) in [5, 5.41) is 0.662. The average molecular weight is 433 g/mol. The Morgan fingerprint density at radius 3 is 2.39 bits per heavy atom. The smallest absolute Gasteiger partial charge is 0.231 e. The Bertz CT molecular complexity index is 1170. The van der Waals surface area contributed by atoms with Crippen LogP contribution in [0.5, 0.6) is 11.5 Å². The molecular weight excluding hydrogens is 408 g/mol. The second-order valence-corrected chi connectivity index (χ2v) is 9.16. The number of halogens is 1. The van der Waals surface area contributed by atoms with E-state index in [-0.39, 0.29) is 11.2 Å². The van der Waals surface area contributed by atoms with Gasteiger partial charge in [-0.25, -0.2) is 0 Å². The monoisotopic (exact) mass is 432 g/mol. The molecule has 158 valence electrons. The lowest BCUT2D eigenvalue weighted by Crippen LogP contribution is -2.10. The van der Waals surface area contributed by atoms with Crippen LogP contribution in [-0.2, 0) is 12.0 Å². The van der Waals surface area contributed by atoms with Crippen LogP contribution in [0.1, 0.15) is 53.4 Å². The molecule has 0 N–H and O–H groups in total. The minimum Gasteiger partial charge on any atom is -0.488 e. The highest BCUT2D eigenvalue weighted by Crippen LogP contribution is 2.39. The summed E-state index contributed by atoms with van der Waals surface area (Å²) in [4.78, 5) is 12.9. The molecule has 3 aromatic carbocycles. The van der Waals surface area contributed by atoms with Crippen molar-refractivity contribution in [1.82, 2.24) is 0 Å². The van der Waals surface area contributed by atoms with Crippen molar-refractivity contribution < 1.29 is 14.3 Å². The van der Waals surface area contributed by atoms with Gasteiger partial charge in [0, 0.05) is 16.1 Å². The normalized spacial score (nSPS) is 14.5. The van der Waals surface area contributed by atoms with E-state index in [1.165, 1.54) is 5.56 Å². The first kappa shape index (κ1) is 21.2. The van der Waals surface area contributed by atoms with Gasteiger partial charge in [0.05, 0.1) is 5.56 Å². The largest absolute Gasteiger partial charge is 0.488 e. The first-order valence-corrected chi connectivity index (χ1v) is 10.7. The van der Waals surface area contributed by atoms with Gasteiger partial charge >= 0.3 is 0 Å². The maximum Gasteiger partial charge on any atom is 0.231 e. The van der Waals surface area contributed by atoms with E-state index >= 15 is 0 Å². The minimum atomic E-state index is -0.115. The third-order valence-electron chi connectivity index (χ3n) is 5.45. The molecule has 0 saturated heterocycles. The summed E-state index contributed by atoms with van der Waals surface area (Å²) < 4.78 is 11.9. The van der Waals surface area contributed by atoms with Gasteiger partial charge in [-0.05, 0) is 47.7 Å². The fraction of sp³-hybridized carbons (Fsp3) is 0.222. The average Bonchev–Trinajstić information content (AvgIpc) is 3.05. The molecule has 31 heavy (non-hydrogen) atoms. The van der Waals surface area contributed by atoms with Crippen LogP contribution in [0.3, 0.4) is 0 Å². The molecule has 0 unspecified atom stereocenters. The molecule has 0 radical (unpaired) electrons. The molecule has 0 saturated carbocycles. The van der Waals surface area contributed by atoms with Gasteiger partial charge in [0.1, 0.15) is 18.1 Å². The molecule has 3 nitrogen and oxygen atoms in total. The molecule has 0 aliphatic carbocycles. The van der Waals surface area contributed by atoms with E-state index in [0.717, 1.165) is 16.7 Å². The second kappa shape index (κ2) is 8.24. The van der Waals surface area contributed by atoms with Gasteiger partial charge in [-0.1, -0.05) is 74.8 Å². The summed E-state index contributed by atoms with van der Waals surface area (Å²) in [6.07, 6.45) is 1.79. The van der Waals surface area contributed by atoms with Crippen molar-refractivity contribution in [2.45, 2.75) is 39.7 Å². The Balaban J connectivity index is 1.55. The fourth-order valence-electron chi connectivity index (χ4n) is 3.53. The Kier molecular flexibility index (Phi) is 5.63. The maximum atomic E-state index is 12.9. The quantitative estimate of drug-likeness (QED) is 0.411. The van der Waals surface area contributed by atoms with Crippen LogP contribution in [0, 0.1) is 6.92 Å². The van der Waals surface area contributed by atoms with Gasteiger partial charge in [0.2, 0.25) is 5.78 Å². The van der Waals surface area contributed by atoms with Crippen molar-refractivity contribution in [1.29, 1.82) is 0 Å². The molecule has 0 spiro atoms. The Morgan fingerprint density at radius 1 is 1.00 bits per heavy atom. The molecule has 0 bridgehead atoms. The van der Waals surface area contributed by atoms with Crippen molar-refractivity contribution in [2.24, 2.45) is 0 Å². The van der Waals surface area contributed by atoms with Crippen LogP contribution in [0.25, 0.3) is 6.08 Å². The van der Waals surface area contributed by atoms with Crippen LogP contribution < -0.4 is 9.47 Å². The van der Waals surface area contributed by atoms with Crippen LogP contribution in [0.2, 0.25) is 5.02 Å². The number of benzene rings is 3. The molecule has 1 aliphatic rings. The number of allylic oxidation sites excluding steroid dienone is 1. The first-order chi connectivity index (χ1) is 14.7. The number of hydrogen-bond donors (Lipinski definition) is 0. The lowest BCUT2D eigenvalue weighted by molar-refractivity contribution is 0.101. The van der Waals surface area contributed by atoms with Gasteiger partial charge in [0.25, 0.3) is 0 Å². The topological polar surface area (TPSA) is 35.5 Å². The third kappa shape index (κ3) is 4.38. The summed E-state index contributed by atoms with van der Waals surface area (Å²) in [6.45, 7) is 8.77. The van der Waals surface area contributed by atoms with Gasteiger partial charge in [-0.3, -0.25) is 4.79 Å². The number of hydrogen-bond acceptors (Lipinski definition) is 3. The molecule has 4 rings (SSSR count). The number of ether oxygens (including phenoxy) is 2. The Morgan fingerprint density at radius 2 is 1.71 bits per heavy atom. The van der Waals surface area contributed by atoms with E-state index in [0.29, 0.717) is 34.5 Å². The molecule has 4 heteroatoms. The third-order valence-corrected chi connectivity index (χ3v) is 5.82. The molecule has 3 aromatic rings. The maximum absolute atomic E-state index is 12.9. The zero-order valence-corrected chi connectivity index (χ0v) is 18.9. The van der Waals surface area contributed by atoms with Crippen molar-refractivity contribution in [2.75, 3.05) is 0 Å². The Labute approximate surface area is 188 Å². The number of ketones is 1. The lowest BCUT2D eigenvalue weighted by atomic mass is 9.86. The predicted octanol–water partition coefficient (Wildman–Crippen LogP) is 7.14. The van der Waals surface area contributed by atoms with E-state index in [2.05, 4.69) is 32.9 Å². The fourth-order valence-corrected chi connectivity index (χ4v) is 3.72. The van der Waals surface area contributed by atoms with Crippen molar-refractivity contribution in [3.8, 4) is 11.5 Å². The van der Waals surface area contributed by atoms with Gasteiger partial charge < -0.3 is 9.47 Å². The number of carbonyl (C=O) groups is 1. The number of Topliss-reactive ketones (excluding diaryl/α,β-unsaturated/α-hetero) is 1. The highest BCUT2D eigenvalue weighted by atomic mass is 35.5. The second-order valence-electron chi connectivity index (χ2n) is 8.76. The molecule has 1 heterocycles. The molecule has 0 atom stereocenters. The van der Waals surface area contributed by atoms with E-state index in [9.17, 15) is 4.79 Å². The summed E-state index contributed by atoms with van der Waals surface area (Å²) in [5.41, 5.74) is 4.51. The molecule has 0 fully saturated rings. The number of carbonyl (C=O) groups excluding carboxylic acids is 1. The van der Waals surface area contributed by atoms with E-state index in [4.69, 9.17) is 21.1 Å². The van der Waals surface area contributed by atoms with Gasteiger partial charge in [-0.15, -0.1) is 0 Å². The van der Waals surface area contributed by atoms with Gasteiger partial charge in [0.15, 0.2) is 5.76 Å². The van der Waals surface area contributed by atoms with Crippen molar-refractivity contribution in [3.05, 3.63) is 99.3 Å². The van der Waals surface area contributed by atoms with E-state index in [1.54, 1.807) is 12.1 Å². The van der Waals surface area contributed by atoms with Crippen LogP contribution in [0.15, 0.2) is 66.4 Å². The predicted molar refractivity (Wildman–Crippen MR) is 125 cm³/mol. The summed E-state index contributed by atoms with van der Waals surface area (Å²) in [7, 11) is 0. The zero-order chi connectivity index (χ0) is 22.2. The number of rotatable bonds is 4. The minimum absolute atomic E-state index is 0.0824. The van der Waals surface area contributed by atoms with E-state index < -0.39 is 0 Å². The van der Waals surface area contributed by atoms with Crippen molar-refractivity contribution >= 4 is 23.5 Å².